The average molecular weight is 411 g/mol. The molecule has 1 aliphatic rings. The lowest BCUT2D eigenvalue weighted by Gasteiger charge is -2.26. The number of aromatic nitrogens is 4. The Bertz CT molecular complexity index is 1290. The van der Waals surface area contributed by atoms with E-state index in [9.17, 15) is 18.0 Å². The van der Waals surface area contributed by atoms with E-state index in [-0.39, 0.29) is 18.0 Å². The Kier molecular flexibility index (Phi) is 4.12. The summed E-state index contributed by atoms with van der Waals surface area (Å²) in [6.07, 6.45) is 3.86. The number of benzene rings is 1. The molecule has 9 heteroatoms. The van der Waals surface area contributed by atoms with Crippen LogP contribution in [0, 0.1) is 17.5 Å². The van der Waals surface area contributed by atoms with Crippen LogP contribution in [0.15, 0.2) is 42.7 Å². The highest BCUT2D eigenvalue weighted by Crippen LogP contribution is 2.32. The minimum absolute atomic E-state index is 0.129. The van der Waals surface area contributed by atoms with E-state index in [2.05, 4.69) is 10.2 Å². The Hall–Kier alpha value is -3.62. The second-order valence-corrected chi connectivity index (χ2v) is 7.24. The summed E-state index contributed by atoms with van der Waals surface area (Å²) >= 11 is 0. The van der Waals surface area contributed by atoms with Crippen molar-refractivity contribution >= 4 is 11.4 Å². The molecule has 0 bridgehead atoms. The first-order valence-electron chi connectivity index (χ1n) is 9.34. The molecule has 4 heterocycles. The molecule has 1 aliphatic heterocycles. The normalized spacial score (nSPS) is 13.7. The first-order chi connectivity index (χ1) is 14.4. The number of amides is 1. The molecule has 0 N–H and O–H groups in total. The van der Waals surface area contributed by atoms with E-state index in [1.807, 2.05) is 6.07 Å². The lowest BCUT2D eigenvalue weighted by Crippen LogP contribution is -2.36. The van der Waals surface area contributed by atoms with Gasteiger partial charge in [0.1, 0.15) is 0 Å². The van der Waals surface area contributed by atoms with Gasteiger partial charge in [-0.1, -0.05) is 0 Å². The van der Waals surface area contributed by atoms with Gasteiger partial charge < -0.3 is 4.90 Å². The number of aryl methyl sites for hydroxylation is 1. The van der Waals surface area contributed by atoms with E-state index in [0.717, 1.165) is 23.2 Å². The van der Waals surface area contributed by atoms with Crippen molar-refractivity contribution in [2.24, 2.45) is 7.05 Å². The van der Waals surface area contributed by atoms with Crippen LogP contribution in [0.1, 0.15) is 21.6 Å². The van der Waals surface area contributed by atoms with Crippen LogP contribution in [0.25, 0.3) is 16.8 Å². The number of halogens is 3. The molecule has 4 aromatic rings. The Balaban J connectivity index is 1.46. The van der Waals surface area contributed by atoms with E-state index < -0.39 is 17.5 Å². The summed E-state index contributed by atoms with van der Waals surface area (Å²) in [6.45, 7) is 0.708. The third-order valence-electron chi connectivity index (χ3n) is 5.39. The van der Waals surface area contributed by atoms with Crippen molar-refractivity contribution in [1.29, 1.82) is 0 Å². The smallest absolute Gasteiger partial charge is 0.254 e. The van der Waals surface area contributed by atoms with E-state index in [1.165, 1.54) is 4.68 Å². The van der Waals surface area contributed by atoms with Gasteiger partial charge in [-0.25, -0.2) is 17.7 Å². The molecule has 3 aromatic heterocycles. The number of carbonyl (C=O) groups is 1. The van der Waals surface area contributed by atoms with Crippen LogP contribution in [0.3, 0.4) is 0 Å². The molecule has 0 saturated carbocycles. The van der Waals surface area contributed by atoms with Crippen molar-refractivity contribution in [1.82, 2.24) is 24.3 Å². The topological polar surface area (TPSA) is 55.4 Å². The maximum absolute atomic E-state index is 13.7. The van der Waals surface area contributed by atoms with Crippen LogP contribution >= 0.6 is 0 Å². The minimum atomic E-state index is -1.50. The van der Waals surface area contributed by atoms with Crippen LogP contribution in [-0.2, 0) is 20.0 Å². The Morgan fingerprint density at radius 1 is 1.10 bits per heavy atom. The predicted octanol–water partition coefficient (Wildman–Crippen LogP) is 3.35. The number of nitrogens with zero attached hydrogens (tertiary/aromatic N) is 5. The van der Waals surface area contributed by atoms with E-state index in [0.29, 0.717) is 29.9 Å². The standard InChI is InChI=1S/C21H16F3N5O/c1-27-20(13-9-16(22)19(24)17(23)10-13)15-4-6-28(11-18(15)26-27)21(30)12-3-7-29-14(8-12)2-5-25-29/h2-3,5,7-10H,4,6,11H2,1H3. The molecule has 6 nitrogen and oxygen atoms in total. The maximum atomic E-state index is 13.7. The monoisotopic (exact) mass is 411 g/mol. The molecule has 1 amide bonds. The number of pyridine rings is 1. The van der Waals surface area contributed by atoms with E-state index >= 15 is 0 Å². The number of hydrogen-bond donors (Lipinski definition) is 0. The van der Waals surface area contributed by atoms with Gasteiger partial charge in [-0.3, -0.25) is 9.48 Å². The summed E-state index contributed by atoms with van der Waals surface area (Å²) in [7, 11) is 1.66. The van der Waals surface area contributed by atoms with Crippen LogP contribution in [-0.4, -0.2) is 36.7 Å². The fourth-order valence-electron chi connectivity index (χ4n) is 3.98. The molecular formula is C21H16F3N5O. The fourth-order valence-corrected chi connectivity index (χ4v) is 3.98. The summed E-state index contributed by atoms with van der Waals surface area (Å²) < 4.78 is 44.0. The quantitative estimate of drug-likeness (QED) is 0.476. The number of fused-ring (bicyclic) bond motifs is 2. The van der Waals surface area contributed by atoms with Gasteiger partial charge in [-0.2, -0.15) is 10.2 Å². The van der Waals surface area contributed by atoms with Crippen LogP contribution in [0.4, 0.5) is 13.2 Å². The highest BCUT2D eigenvalue weighted by atomic mass is 19.2. The second kappa shape index (κ2) is 6.72. The fraction of sp³-hybridized carbons (Fsp3) is 0.190. The maximum Gasteiger partial charge on any atom is 0.254 e. The van der Waals surface area contributed by atoms with Gasteiger partial charge in [0.25, 0.3) is 5.91 Å². The van der Waals surface area contributed by atoms with Crippen molar-refractivity contribution in [3.8, 4) is 11.3 Å². The third kappa shape index (κ3) is 2.85. The molecule has 30 heavy (non-hydrogen) atoms. The molecule has 0 unspecified atom stereocenters. The van der Waals surface area contributed by atoms with Crippen LogP contribution in [0.2, 0.25) is 0 Å². The molecular weight excluding hydrogens is 395 g/mol. The Morgan fingerprint density at radius 2 is 1.87 bits per heavy atom. The third-order valence-corrected chi connectivity index (χ3v) is 5.39. The highest BCUT2D eigenvalue weighted by molar-refractivity contribution is 5.95. The summed E-state index contributed by atoms with van der Waals surface area (Å²) in [5.41, 5.74) is 3.56. The van der Waals surface area contributed by atoms with Crippen molar-refractivity contribution in [2.75, 3.05) is 6.54 Å². The van der Waals surface area contributed by atoms with Gasteiger partial charge in [0.2, 0.25) is 0 Å². The highest BCUT2D eigenvalue weighted by Gasteiger charge is 2.28. The molecule has 0 radical (unpaired) electrons. The first-order valence-corrected chi connectivity index (χ1v) is 9.34. The van der Waals surface area contributed by atoms with Crippen LogP contribution in [0.5, 0.6) is 0 Å². The average Bonchev–Trinajstić information content (AvgIpc) is 3.33. The van der Waals surface area contributed by atoms with E-state index in [1.54, 1.807) is 41.0 Å². The molecule has 0 saturated heterocycles. The van der Waals surface area contributed by atoms with Crippen LogP contribution < -0.4 is 0 Å². The van der Waals surface area contributed by atoms with Gasteiger partial charge >= 0.3 is 0 Å². The largest absolute Gasteiger partial charge is 0.332 e. The number of hydrogen-bond acceptors (Lipinski definition) is 3. The van der Waals surface area contributed by atoms with Crippen molar-refractivity contribution < 1.29 is 18.0 Å². The summed E-state index contributed by atoms with van der Waals surface area (Å²) in [5.74, 6) is -4.12. The van der Waals surface area contributed by atoms with Gasteiger partial charge in [-0.05, 0) is 36.8 Å². The van der Waals surface area contributed by atoms with Crippen molar-refractivity contribution in [3.63, 3.8) is 0 Å². The Labute approximate surface area is 169 Å². The Morgan fingerprint density at radius 3 is 2.63 bits per heavy atom. The van der Waals surface area contributed by atoms with Gasteiger partial charge in [-0.15, -0.1) is 0 Å². The predicted molar refractivity (Wildman–Crippen MR) is 102 cm³/mol. The number of carbonyl (C=O) groups excluding carboxylic acids is 1. The van der Waals surface area contributed by atoms with Gasteiger partial charge in [0.05, 0.1) is 23.4 Å². The minimum Gasteiger partial charge on any atom is -0.332 e. The molecule has 152 valence electrons. The second-order valence-electron chi connectivity index (χ2n) is 7.24. The molecule has 0 atom stereocenters. The molecule has 0 fully saturated rings. The SMILES string of the molecule is Cn1nc2c(c1-c1cc(F)c(F)c(F)c1)CCN(C(=O)c1ccn3nccc3c1)C2. The van der Waals surface area contributed by atoms with Gasteiger partial charge in [0.15, 0.2) is 17.5 Å². The van der Waals surface area contributed by atoms with Crippen molar-refractivity contribution in [2.45, 2.75) is 13.0 Å². The zero-order valence-electron chi connectivity index (χ0n) is 15.9. The zero-order chi connectivity index (χ0) is 21.0. The molecule has 0 aliphatic carbocycles. The lowest BCUT2D eigenvalue weighted by atomic mass is 9.99. The molecule has 1 aromatic carbocycles. The summed E-state index contributed by atoms with van der Waals surface area (Å²) in [4.78, 5) is 14.7. The molecule has 5 rings (SSSR count). The zero-order valence-corrected chi connectivity index (χ0v) is 15.9. The summed E-state index contributed by atoms with van der Waals surface area (Å²) in [6, 6.07) is 7.24. The van der Waals surface area contributed by atoms with Crippen molar-refractivity contribution in [3.05, 3.63) is 77.0 Å². The number of rotatable bonds is 2. The lowest BCUT2D eigenvalue weighted by molar-refractivity contribution is 0.0732. The first kappa shape index (κ1) is 18.4. The van der Waals surface area contributed by atoms with Gasteiger partial charge in [0, 0.05) is 42.7 Å². The summed E-state index contributed by atoms with van der Waals surface area (Å²) in [5, 5.41) is 8.57. The molecule has 0 spiro atoms. The van der Waals surface area contributed by atoms with E-state index in [4.69, 9.17) is 0 Å².